The molecule has 0 saturated heterocycles. The first kappa shape index (κ1) is 11.6. The van der Waals surface area contributed by atoms with E-state index in [1.807, 2.05) is 6.92 Å². The predicted octanol–water partition coefficient (Wildman–Crippen LogP) is 1.18. The Kier molecular flexibility index (Phi) is 5.13. The summed E-state index contributed by atoms with van der Waals surface area (Å²) in [7, 11) is -3.11. The number of Topliss-reactive ketones (excluding diaryl/α,β-unsaturated/α-hetero) is 1. The Hall–Kier alpha value is -0.380. The molecule has 0 aromatic carbocycles. The van der Waals surface area contributed by atoms with Gasteiger partial charge in [-0.25, -0.2) is 8.42 Å². The Balaban J connectivity index is 3.62. The number of unbranched alkanes of at least 4 members (excludes halogenated alkanes) is 2. The zero-order chi connectivity index (χ0) is 9.61. The van der Waals surface area contributed by atoms with Crippen LogP contribution in [0, 0.1) is 0 Å². The Labute approximate surface area is 74.1 Å². The van der Waals surface area contributed by atoms with Gasteiger partial charge in [-0.05, 0) is 6.42 Å². The highest BCUT2D eigenvalue weighted by Crippen LogP contribution is 2.00. The molecule has 0 spiro atoms. The van der Waals surface area contributed by atoms with Crippen molar-refractivity contribution in [3.05, 3.63) is 0 Å². The monoisotopic (exact) mass is 192 g/mol. The van der Waals surface area contributed by atoms with E-state index in [9.17, 15) is 13.2 Å². The van der Waals surface area contributed by atoms with E-state index in [2.05, 4.69) is 0 Å². The van der Waals surface area contributed by atoms with Gasteiger partial charge in [0.25, 0.3) is 0 Å². The van der Waals surface area contributed by atoms with Gasteiger partial charge in [0, 0.05) is 12.7 Å². The topological polar surface area (TPSA) is 51.2 Å². The van der Waals surface area contributed by atoms with Crippen LogP contribution in [-0.4, -0.2) is 26.2 Å². The van der Waals surface area contributed by atoms with Crippen LogP contribution in [0.4, 0.5) is 0 Å². The summed E-state index contributed by atoms with van der Waals surface area (Å²) in [6.07, 6.45) is 4.35. The zero-order valence-electron chi connectivity index (χ0n) is 7.67. The van der Waals surface area contributed by atoms with Gasteiger partial charge in [0.05, 0.1) is 0 Å². The lowest BCUT2D eigenvalue weighted by Crippen LogP contribution is -2.13. The van der Waals surface area contributed by atoms with Crippen molar-refractivity contribution in [3.8, 4) is 0 Å². The van der Waals surface area contributed by atoms with Crippen molar-refractivity contribution in [1.82, 2.24) is 0 Å². The smallest absolute Gasteiger partial charge is 0.154 e. The number of ketones is 1. The lowest BCUT2D eigenvalue weighted by atomic mass is 10.2. The third-order valence-corrected chi connectivity index (χ3v) is 2.33. The van der Waals surface area contributed by atoms with Crippen LogP contribution < -0.4 is 0 Å². The molecule has 0 atom stereocenters. The number of hydrogen-bond acceptors (Lipinski definition) is 3. The molecule has 0 aliphatic rings. The summed E-state index contributed by atoms with van der Waals surface area (Å²) >= 11 is 0. The van der Waals surface area contributed by atoms with Gasteiger partial charge in [-0.15, -0.1) is 0 Å². The lowest BCUT2D eigenvalue weighted by molar-refractivity contribution is -0.116. The lowest BCUT2D eigenvalue weighted by Gasteiger charge is -1.97. The summed E-state index contributed by atoms with van der Waals surface area (Å²) in [6.45, 7) is 2.04. The molecule has 4 heteroatoms. The van der Waals surface area contributed by atoms with Gasteiger partial charge in [-0.1, -0.05) is 19.8 Å². The molecule has 3 nitrogen and oxygen atoms in total. The SMILES string of the molecule is CCCCCC(=O)CS(C)(=O)=O. The summed E-state index contributed by atoms with van der Waals surface area (Å²) in [4.78, 5) is 11.0. The fraction of sp³-hybridized carbons (Fsp3) is 0.875. The van der Waals surface area contributed by atoms with Crippen LogP contribution in [0.1, 0.15) is 32.6 Å². The minimum absolute atomic E-state index is 0.161. The second-order valence-corrected chi connectivity index (χ2v) is 5.21. The predicted molar refractivity (Wildman–Crippen MR) is 48.9 cm³/mol. The van der Waals surface area contributed by atoms with Gasteiger partial charge in [0.1, 0.15) is 11.5 Å². The van der Waals surface area contributed by atoms with E-state index < -0.39 is 9.84 Å². The third-order valence-electron chi connectivity index (χ3n) is 1.48. The molecule has 72 valence electrons. The minimum atomic E-state index is -3.11. The standard InChI is InChI=1S/C8H16O3S/c1-3-4-5-6-8(9)7-12(2,10)11/h3-7H2,1-2H3. The summed E-state index contributed by atoms with van der Waals surface area (Å²) in [5.74, 6) is -0.456. The van der Waals surface area contributed by atoms with Gasteiger partial charge >= 0.3 is 0 Å². The third kappa shape index (κ3) is 7.72. The number of sulfone groups is 1. The van der Waals surface area contributed by atoms with Crippen molar-refractivity contribution in [3.63, 3.8) is 0 Å². The molecule has 0 aromatic rings. The Morgan fingerprint density at radius 3 is 2.25 bits per heavy atom. The first-order valence-electron chi connectivity index (χ1n) is 4.15. The molecule has 0 heterocycles. The average molecular weight is 192 g/mol. The molecule has 0 radical (unpaired) electrons. The largest absolute Gasteiger partial charge is 0.299 e. The maximum Gasteiger partial charge on any atom is 0.154 e. The summed E-state index contributed by atoms with van der Waals surface area (Å²) in [5.41, 5.74) is 0. The van der Waals surface area contributed by atoms with Gasteiger partial charge < -0.3 is 0 Å². The molecule has 0 unspecified atom stereocenters. The van der Waals surface area contributed by atoms with E-state index in [0.717, 1.165) is 25.5 Å². The van der Waals surface area contributed by atoms with Crippen LogP contribution in [-0.2, 0) is 14.6 Å². The maximum absolute atomic E-state index is 11.0. The zero-order valence-corrected chi connectivity index (χ0v) is 8.49. The van der Waals surface area contributed by atoms with Crippen LogP contribution in [0.5, 0.6) is 0 Å². The molecular weight excluding hydrogens is 176 g/mol. The van der Waals surface area contributed by atoms with Crippen LogP contribution in [0.3, 0.4) is 0 Å². The van der Waals surface area contributed by atoms with E-state index in [1.54, 1.807) is 0 Å². The normalized spacial score (nSPS) is 11.5. The van der Waals surface area contributed by atoms with Crippen molar-refractivity contribution in [2.75, 3.05) is 12.0 Å². The van der Waals surface area contributed by atoms with Crippen molar-refractivity contribution in [1.29, 1.82) is 0 Å². The Morgan fingerprint density at radius 1 is 1.25 bits per heavy atom. The number of hydrogen-bond donors (Lipinski definition) is 0. The second kappa shape index (κ2) is 5.30. The van der Waals surface area contributed by atoms with Gasteiger partial charge in [0.15, 0.2) is 9.84 Å². The van der Waals surface area contributed by atoms with Crippen LogP contribution in [0.25, 0.3) is 0 Å². The molecule has 0 amide bonds. The van der Waals surface area contributed by atoms with Gasteiger partial charge in [0.2, 0.25) is 0 Å². The molecule has 0 aliphatic heterocycles. The Bertz CT molecular complexity index is 229. The molecule has 0 aromatic heterocycles. The highest BCUT2D eigenvalue weighted by Gasteiger charge is 2.09. The van der Waals surface area contributed by atoms with Gasteiger partial charge in [-0.2, -0.15) is 0 Å². The molecule has 0 aliphatic carbocycles. The van der Waals surface area contributed by atoms with E-state index in [-0.39, 0.29) is 11.5 Å². The second-order valence-electron chi connectivity index (χ2n) is 3.07. The molecule has 12 heavy (non-hydrogen) atoms. The fourth-order valence-electron chi connectivity index (χ4n) is 0.937. The van der Waals surface area contributed by atoms with E-state index in [4.69, 9.17) is 0 Å². The number of carbonyl (C=O) groups excluding carboxylic acids is 1. The molecular formula is C8H16O3S. The van der Waals surface area contributed by atoms with Crippen molar-refractivity contribution >= 4 is 15.6 Å². The van der Waals surface area contributed by atoms with Crippen LogP contribution in [0.2, 0.25) is 0 Å². The van der Waals surface area contributed by atoms with Crippen LogP contribution >= 0.6 is 0 Å². The van der Waals surface area contributed by atoms with E-state index in [0.29, 0.717) is 6.42 Å². The summed E-state index contributed by atoms with van der Waals surface area (Å²) < 4.78 is 21.3. The highest BCUT2D eigenvalue weighted by atomic mass is 32.2. The van der Waals surface area contributed by atoms with Gasteiger partial charge in [-0.3, -0.25) is 4.79 Å². The van der Waals surface area contributed by atoms with Crippen molar-refractivity contribution < 1.29 is 13.2 Å². The fourth-order valence-corrected chi connectivity index (χ4v) is 1.67. The molecule has 0 N–H and O–H groups in total. The van der Waals surface area contributed by atoms with Crippen LogP contribution in [0.15, 0.2) is 0 Å². The van der Waals surface area contributed by atoms with Crippen molar-refractivity contribution in [2.24, 2.45) is 0 Å². The van der Waals surface area contributed by atoms with E-state index in [1.165, 1.54) is 0 Å². The first-order chi connectivity index (χ1) is 5.45. The summed E-state index contributed by atoms with van der Waals surface area (Å²) in [6, 6.07) is 0. The summed E-state index contributed by atoms with van der Waals surface area (Å²) in [5, 5.41) is 0. The molecule has 0 rings (SSSR count). The number of rotatable bonds is 6. The average Bonchev–Trinajstić information content (AvgIpc) is 1.84. The number of carbonyl (C=O) groups is 1. The molecule has 0 bridgehead atoms. The molecule has 0 fully saturated rings. The minimum Gasteiger partial charge on any atom is -0.299 e. The first-order valence-corrected chi connectivity index (χ1v) is 6.21. The maximum atomic E-state index is 11.0. The highest BCUT2D eigenvalue weighted by molar-refractivity contribution is 7.91. The van der Waals surface area contributed by atoms with Crippen molar-refractivity contribution in [2.45, 2.75) is 32.6 Å². The quantitative estimate of drug-likeness (QED) is 0.594. The Morgan fingerprint density at radius 2 is 1.83 bits per heavy atom. The van der Waals surface area contributed by atoms with E-state index >= 15 is 0 Å². The molecule has 0 saturated carbocycles.